The molecule has 0 atom stereocenters. The predicted octanol–water partition coefficient (Wildman–Crippen LogP) is -0.0744. The summed E-state index contributed by atoms with van der Waals surface area (Å²) in [4.78, 5) is 0. The second kappa shape index (κ2) is 3.25. The van der Waals surface area contributed by atoms with Crippen LogP contribution in [0.4, 0.5) is 0 Å². The van der Waals surface area contributed by atoms with Crippen LogP contribution in [0, 0.1) is 0 Å². The van der Waals surface area contributed by atoms with Crippen molar-refractivity contribution in [3.63, 3.8) is 0 Å². The first-order valence-corrected chi connectivity index (χ1v) is 2.08. The maximum absolute atomic E-state index is 3.46. The van der Waals surface area contributed by atoms with Crippen molar-refractivity contribution in [1.29, 1.82) is 0 Å². The van der Waals surface area contributed by atoms with E-state index in [-0.39, 0.29) is 0 Å². The van der Waals surface area contributed by atoms with Crippen molar-refractivity contribution in [2.45, 2.75) is 0 Å². The van der Waals surface area contributed by atoms with E-state index in [1.165, 1.54) is 0 Å². The predicted molar refractivity (Wildman–Crippen MR) is 18.8 cm³/mol. The topological polar surface area (TPSA) is 12.4 Å². The number of hydrogen-bond donors (Lipinski definition) is 0. The molecule has 0 saturated heterocycles. The van der Waals surface area contributed by atoms with E-state index < -0.39 is 0 Å². The van der Waals surface area contributed by atoms with E-state index in [0.29, 0.717) is 0 Å². The van der Waals surface area contributed by atoms with Crippen molar-refractivity contribution >= 4 is 28.7 Å². The molecule has 0 saturated carbocycles. The van der Waals surface area contributed by atoms with Gasteiger partial charge in [-0.05, 0) is 0 Å². The van der Waals surface area contributed by atoms with Crippen molar-refractivity contribution in [3.8, 4) is 0 Å². The molecule has 19 valence electrons. The summed E-state index contributed by atoms with van der Waals surface area (Å²) in [6.45, 7) is 3.21. The zero-order valence-corrected chi connectivity index (χ0v) is 5.01. The molecule has 0 rings (SSSR count). The molecular formula is C2H2NSn. The average molecular weight is 159 g/mol. The Morgan fingerprint density at radius 1 is 2.00 bits per heavy atom. The van der Waals surface area contributed by atoms with Gasteiger partial charge in [-0.2, -0.15) is 0 Å². The van der Waals surface area contributed by atoms with Gasteiger partial charge in [-0.3, -0.25) is 0 Å². The summed E-state index contributed by atoms with van der Waals surface area (Å²) < 4.78 is 3.46. The van der Waals surface area contributed by atoms with Gasteiger partial charge in [0.2, 0.25) is 0 Å². The minimum atomic E-state index is 1.12. The maximum atomic E-state index is 3.46. The Morgan fingerprint density at radius 3 is 2.25 bits per heavy atom. The van der Waals surface area contributed by atoms with Crippen LogP contribution in [0.5, 0.6) is 0 Å². The second-order valence-electron chi connectivity index (χ2n) is 0.270. The van der Waals surface area contributed by atoms with Crippen LogP contribution in [0.15, 0.2) is 9.79 Å². The number of hydrogen-bond acceptors (Lipinski definition) is 1. The summed E-state index contributed by atoms with van der Waals surface area (Å²) in [6, 6.07) is 0. The molecule has 0 aliphatic carbocycles. The third kappa shape index (κ3) is 2.25. The monoisotopic (exact) mass is 160 g/mol. The normalized spacial score (nSPS) is 4.25. The van der Waals surface area contributed by atoms with E-state index in [1.807, 2.05) is 0 Å². The third-order valence-electron chi connectivity index (χ3n) is 0.0791. The van der Waals surface area contributed by atoms with E-state index in [1.54, 1.807) is 0 Å². The van der Waals surface area contributed by atoms with E-state index in [0.717, 1.165) is 22.8 Å². The molecule has 0 heterocycles. The van der Waals surface area contributed by atoms with Gasteiger partial charge in [0, 0.05) is 0 Å². The van der Waals surface area contributed by atoms with Gasteiger partial charge >= 0.3 is 38.5 Å². The molecule has 0 bridgehead atoms. The molecule has 0 spiro atoms. The molecule has 0 fully saturated rings. The average Bonchev–Trinajstić information content (AvgIpc) is 1.37. The quantitative estimate of drug-likeness (QED) is 0.346. The van der Waals surface area contributed by atoms with Crippen LogP contribution in [0.2, 0.25) is 0 Å². The molecule has 0 aliphatic heterocycles. The van der Waals surface area contributed by atoms with Crippen molar-refractivity contribution in [1.82, 2.24) is 0 Å². The standard InChI is InChI=1S/C2H2N.Sn/c1-2-3;/h1H2;/q-1;+1. The zero-order chi connectivity index (χ0) is 3.41. The molecular weight excluding hydrogens is 157 g/mol. The molecule has 0 amide bonds. The molecule has 4 heavy (non-hydrogen) atoms. The molecule has 0 unspecified atom stereocenters. The van der Waals surface area contributed by atoms with Gasteiger partial charge in [0.1, 0.15) is 0 Å². The van der Waals surface area contributed by atoms with Gasteiger partial charge in [-0.15, -0.1) is 0 Å². The fourth-order valence-corrected chi connectivity index (χ4v) is 0. The molecule has 0 aromatic carbocycles. The van der Waals surface area contributed by atoms with Gasteiger partial charge in [-0.1, -0.05) is 0 Å². The fourth-order valence-electron chi connectivity index (χ4n) is 0. The Balaban J connectivity index is 3.11. The Kier molecular flexibility index (Phi) is 3.45. The van der Waals surface area contributed by atoms with Crippen LogP contribution in [-0.4, -0.2) is 28.7 Å². The summed E-state index contributed by atoms with van der Waals surface area (Å²) in [7, 11) is 0. The van der Waals surface area contributed by atoms with Crippen LogP contribution in [0.3, 0.4) is 0 Å². The Morgan fingerprint density at radius 2 is 2.25 bits per heavy atom. The van der Waals surface area contributed by atoms with Crippen molar-refractivity contribution in [3.05, 3.63) is 6.58 Å². The van der Waals surface area contributed by atoms with Gasteiger partial charge in [0.25, 0.3) is 0 Å². The summed E-state index contributed by atoms with van der Waals surface area (Å²) in [5, 5.41) is 0. The minimum absolute atomic E-state index is 1.12. The first-order valence-electron chi connectivity index (χ1n) is 0.801. The molecule has 0 aliphatic rings. The van der Waals surface area contributed by atoms with E-state index >= 15 is 0 Å². The number of rotatable bonds is 0. The van der Waals surface area contributed by atoms with E-state index in [2.05, 4.69) is 15.7 Å². The summed E-state index contributed by atoms with van der Waals surface area (Å²) in [6.07, 6.45) is 0. The van der Waals surface area contributed by atoms with E-state index in [9.17, 15) is 0 Å². The van der Waals surface area contributed by atoms with Crippen LogP contribution in [-0.2, 0) is 0 Å². The van der Waals surface area contributed by atoms with Gasteiger partial charge < -0.3 is 0 Å². The van der Waals surface area contributed by atoms with Crippen LogP contribution in [0.1, 0.15) is 0 Å². The third-order valence-corrected chi connectivity index (χ3v) is 0.530. The van der Waals surface area contributed by atoms with E-state index in [4.69, 9.17) is 0 Å². The van der Waals surface area contributed by atoms with Crippen LogP contribution < -0.4 is 0 Å². The fraction of sp³-hybridized carbons (Fsp3) is 0. The number of nitrogens with zero attached hydrogens (tertiary/aromatic N) is 1. The molecule has 1 nitrogen and oxygen atoms in total. The van der Waals surface area contributed by atoms with Gasteiger partial charge in [0.05, 0.1) is 0 Å². The molecule has 3 radical (unpaired) electrons. The Hall–Kier alpha value is 0.249. The molecule has 0 N–H and O–H groups in total. The van der Waals surface area contributed by atoms with Crippen LogP contribution in [0.25, 0.3) is 0 Å². The van der Waals surface area contributed by atoms with Gasteiger partial charge in [0.15, 0.2) is 0 Å². The summed E-state index contributed by atoms with van der Waals surface area (Å²) in [5.41, 5.74) is 0. The first-order chi connectivity index (χ1) is 1.91. The van der Waals surface area contributed by atoms with Crippen LogP contribution >= 0.6 is 0 Å². The zero-order valence-electron chi connectivity index (χ0n) is 2.15. The first kappa shape index (κ1) is 4.25. The molecule has 0 aromatic heterocycles. The SMILES string of the molecule is C=C=[N][Sn]. The van der Waals surface area contributed by atoms with Crippen molar-refractivity contribution in [2.24, 2.45) is 3.21 Å². The van der Waals surface area contributed by atoms with Gasteiger partial charge in [-0.25, -0.2) is 0 Å². The second-order valence-corrected chi connectivity index (χ2v) is 0.908. The molecule has 2 heteroatoms. The molecule has 0 aromatic rings. The Labute approximate surface area is 38.9 Å². The van der Waals surface area contributed by atoms with Crippen molar-refractivity contribution in [2.75, 3.05) is 0 Å². The Bertz CT molecular complexity index is 44.0. The van der Waals surface area contributed by atoms with Crippen molar-refractivity contribution < 1.29 is 0 Å². The summed E-state index contributed by atoms with van der Waals surface area (Å²) >= 11 is 1.12. The summed E-state index contributed by atoms with van der Waals surface area (Å²) in [5.74, 6) is 2.35.